The van der Waals surface area contributed by atoms with Crippen molar-refractivity contribution in [3.05, 3.63) is 23.9 Å². The highest BCUT2D eigenvalue weighted by molar-refractivity contribution is 5.69. The van der Waals surface area contributed by atoms with E-state index in [-0.39, 0.29) is 18.6 Å². The number of alkyl halides is 3. The first-order valence-electron chi connectivity index (χ1n) is 8.41. The van der Waals surface area contributed by atoms with Gasteiger partial charge in [0.2, 0.25) is 0 Å². The highest BCUT2D eigenvalue weighted by atomic mass is 19.4. The third-order valence-corrected chi connectivity index (χ3v) is 4.02. The highest BCUT2D eigenvalue weighted by Gasteiger charge is 2.37. The molecule has 1 amide bonds. The number of aliphatic hydroxyl groups is 1. The second kappa shape index (κ2) is 8.70. The number of carbonyl (C=O) groups is 1. The first kappa shape index (κ1) is 22.2. The maximum atomic E-state index is 12.7. The number of carbonyl (C=O) groups excluding carboxylic acids is 1. The Bertz CT molecular complexity index is 565. The fraction of sp³-hybridized carbons (Fsp3) is 0.667. The smallest absolute Gasteiger partial charge is 0.433 e. The number of halogens is 3. The molecule has 0 aromatic rings. The van der Waals surface area contributed by atoms with E-state index in [9.17, 15) is 23.1 Å². The molecule has 148 valence electrons. The maximum absolute atomic E-state index is 12.7. The van der Waals surface area contributed by atoms with E-state index in [4.69, 9.17) is 4.74 Å². The van der Waals surface area contributed by atoms with E-state index in [1.165, 1.54) is 4.90 Å². The summed E-state index contributed by atoms with van der Waals surface area (Å²) < 4.78 is 43.3. The van der Waals surface area contributed by atoms with Crippen LogP contribution in [0.4, 0.5) is 18.0 Å². The Balaban J connectivity index is 2.64. The Hall–Kier alpha value is -1.83. The number of amides is 1. The van der Waals surface area contributed by atoms with Gasteiger partial charge in [0, 0.05) is 6.54 Å². The maximum Gasteiger partial charge on any atom is 0.433 e. The van der Waals surface area contributed by atoms with Crippen molar-refractivity contribution < 1.29 is 27.8 Å². The lowest BCUT2D eigenvalue weighted by Gasteiger charge is -2.27. The normalized spacial score (nSPS) is 21.7. The van der Waals surface area contributed by atoms with E-state index >= 15 is 0 Å². The first-order valence-corrected chi connectivity index (χ1v) is 8.41. The zero-order chi connectivity index (χ0) is 20.1. The van der Waals surface area contributed by atoms with Gasteiger partial charge in [-0.2, -0.15) is 13.2 Å². The van der Waals surface area contributed by atoms with E-state index < -0.39 is 23.6 Å². The molecule has 5 nitrogen and oxygen atoms in total. The van der Waals surface area contributed by atoms with Gasteiger partial charge in [-0.25, -0.2) is 4.79 Å². The average molecular weight is 376 g/mol. The average Bonchev–Trinajstić information content (AvgIpc) is 2.91. The van der Waals surface area contributed by atoms with E-state index in [1.54, 1.807) is 20.8 Å². The summed E-state index contributed by atoms with van der Waals surface area (Å²) in [7, 11) is 0. The van der Waals surface area contributed by atoms with Crippen LogP contribution in [0.5, 0.6) is 0 Å². The molecule has 2 unspecified atom stereocenters. The van der Waals surface area contributed by atoms with Gasteiger partial charge >= 0.3 is 12.3 Å². The summed E-state index contributed by atoms with van der Waals surface area (Å²) in [6, 6.07) is -0.348. The van der Waals surface area contributed by atoms with Gasteiger partial charge in [-0.05, 0) is 58.7 Å². The molecule has 8 heteroatoms. The van der Waals surface area contributed by atoms with E-state index in [1.807, 2.05) is 0 Å². The minimum atomic E-state index is -4.56. The lowest BCUT2D eigenvalue weighted by atomic mass is 9.97. The molecule has 0 aliphatic carbocycles. The molecular weight excluding hydrogens is 349 g/mol. The van der Waals surface area contributed by atoms with Crippen LogP contribution in [0.1, 0.15) is 40.0 Å². The van der Waals surface area contributed by atoms with Crippen molar-refractivity contribution in [3.63, 3.8) is 0 Å². The van der Waals surface area contributed by atoms with Gasteiger partial charge in [-0.15, -0.1) is 0 Å². The number of hydrogen-bond acceptors (Lipinski definition) is 4. The minimum Gasteiger partial charge on any atom is -0.444 e. The van der Waals surface area contributed by atoms with Crippen LogP contribution >= 0.6 is 0 Å². The monoisotopic (exact) mass is 376 g/mol. The Labute approximate surface area is 152 Å². The molecule has 1 heterocycles. The number of aliphatic hydroxyl groups excluding tert-OH is 1. The molecule has 1 rings (SSSR count). The highest BCUT2D eigenvalue weighted by Crippen LogP contribution is 2.31. The summed E-state index contributed by atoms with van der Waals surface area (Å²) in [5.41, 5.74) is -1.42. The van der Waals surface area contributed by atoms with Gasteiger partial charge in [0.15, 0.2) is 0 Å². The van der Waals surface area contributed by atoms with Gasteiger partial charge in [0.25, 0.3) is 0 Å². The SMILES string of the molecule is C=N/C(=C\C(=C)CCC1CC(CO)N(C(=O)OC(C)(C)C)C1)C(F)(F)F. The van der Waals surface area contributed by atoms with Crippen LogP contribution in [0.15, 0.2) is 28.9 Å². The summed E-state index contributed by atoms with van der Waals surface area (Å²) in [5.74, 6) is 0.0517. The minimum absolute atomic E-state index is 0.0517. The number of likely N-dealkylation sites (tertiary alicyclic amines) is 1. The topological polar surface area (TPSA) is 62.1 Å². The molecule has 1 aliphatic heterocycles. The van der Waals surface area contributed by atoms with E-state index in [2.05, 4.69) is 18.3 Å². The Morgan fingerprint density at radius 3 is 2.46 bits per heavy atom. The van der Waals surface area contributed by atoms with Crippen molar-refractivity contribution in [2.24, 2.45) is 10.9 Å². The van der Waals surface area contributed by atoms with Crippen LogP contribution in [0, 0.1) is 5.92 Å². The first-order chi connectivity index (χ1) is 11.9. The molecule has 0 aromatic heterocycles. The number of hydrogen-bond donors (Lipinski definition) is 1. The molecular formula is C18H27F3N2O3. The summed E-state index contributed by atoms with van der Waals surface area (Å²) in [6.07, 6.45) is -2.72. The molecule has 0 aromatic carbocycles. The van der Waals surface area contributed by atoms with Crippen molar-refractivity contribution in [1.82, 2.24) is 4.90 Å². The van der Waals surface area contributed by atoms with Crippen LogP contribution in [0.25, 0.3) is 0 Å². The molecule has 1 saturated heterocycles. The van der Waals surface area contributed by atoms with Gasteiger partial charge in [0.1, 0.15) is 11.3 Å². The molecule has 2 atom stereocenters. The summed E-state index contributed by atoms with van der Waals surface area (Å²) in [5, 5.41) is 9.50. The zero-order valence-corrected chi connectivity index (χ0v) is 15.5. The van der Waals surface area contributed by atoms with Crippen LogP contribution < -0.4 is 0 Å². The molecule has 1 N–H and O–H groups in total. The number of allylic oxidation sites excluding steroid dienone is 3. The van der Waals surface area contributed by atoms with Crippen molar-refractivity contribution in [3.8, 4) is 0 Å². The second-order valence-corrected chi connectivity index (χ2v) is 7.45. The molecule has 0 spiro atoms. The number of aliphatic imine (C=N–C) groups is 1. The standard InChI is InChI=1S/C18H27F3N2O3/c1-12(8-15(22-5)18(19,20)21)6-7-13-9-14(11-24)23(10-13)16(25)26-17(2,3)4/h8,13-14,24H,1,5-7,9-11H2,2-4H3/b15-8-. The van der Waals surface area contributed by atoms with Gasteiger partial charge in [-0.3, -0.25) is 4.99 Å². The Kier molecular flexibility index (Phi) is 7.44. The summed E-state index contributed by atoms with van der Waals surface area (Å²) in [6.45, 7) is 12.1. The second-order valence-electron chi connectivity index (χ2n) is 7.45. The molecule has 0 bridgehead atoms. The predicted molar refractivity (Wildman–Crippen MR) is 94.0 cm³/mol. The lowest BCUT2D eigenvalue weighted by molar-refractivity contribution is -0.0922. The number of nitrogens with zero attached hydrogens (tertiary/aromatic N) is 2. The molecule has 1 fully saturated rings. The third-order valence-electron chi connectivity index (χ3n) is 4.02. The van der Waals surface area contributed by atoms with Gasteiger partial charge in [0.05, 0.1) is 12.6 Å². The van der Waals surface area contributed by atoms with Crippen LogP contribution in [-0.4, -0.2) is 53.8 Å². The molecule has 26 heavy (non-hydrogen) atoms. The molecule has 0 radical (unpaired) electrons. The zero-order valence-electron chi connectivity index (χ0n) is 15.5. The van der Waals surface area contributed by atoms with E-state index in [0.717, 1.165) is 6.08 Å². The van der Waals surface area contributed by atoms with Gasteiger partial charge in [-0.1, -0.05) is 12.2 Å². The number of ether oxygens (including phenoxy) is 1. The van der Waals surface area contributed by atoms with Gasteiger partial charge < -0.3 is 14.7 Å². The van der Waals surface area contributed by atoms with Crippen molar-refractivity contribution in [2.45, 2.75) is 57.9 Å². The van der Waals surface area contributed by atoms with Crippen molar-refractivity contribution in [1.29, 1.82) is 0 Å². The van der Waals surface area contributed by atoms with Crippen molar-refractivity contribution in [2.75, 3.05) is 13.2 Å². The predicted octanol–water partition coefficient (Wildman–Crippen LogP) is 4.09. The summed E-state index contributed by atoms with van der Waals surface area (Å²) in [4.78, 5) is 16.7. The quantitative estimate of drug-likeness (QED) is 0.561. The molecule has 1 aliphatic rings. The largest absolute Gasteiger partial charge is 0.444 e. The molecule has 0 saturated carbocycles. The van der Waals surface area contributed by atoms with Crippen LogP contribution in [0.3, 0.4) is 0 Å². The number of rotatable bonds is 6. The fourth-order valence-corrected chi connectivity index (χ4v) is 2.81. The Morgan fingerprint density at radius 2 is 2.00 bits per heavy atom. The Morgan fingerprint density at radius 1 is 1.38 bits per heavy atom. The van der Waals surface area contributed by atoms with E-state index in [0.29, 0.717) is 31.4 Å². The van der Waals surface area contributed by atoms with Crippen molar-refractivity contribution >= 4 is 12.8 Å². The van der Waals surface area contributed by atoms with Crippen LogP contribution in [0.2, 0.25) is 0 Å². The summed E-state index contributed by atoms with van der Waals surface area (Å²) >= 11 is 0. The fourth-order valence-electron chi connectivity index (χ4n) is 2.81. The lowest BCUT2D eigenvalue weighted by Crippen LogP contribution is -2.41. The van der Waals surface area contributed by atoms with Crippen LogP contribution in [-0.2, 0) is 4.74 Å². The third kappa shape index (κ3) is 6.82.